The molecule has 0 aliphatic rings. The first-order chi connectivity index (χ1) is 7.51. The molecule has 2 atom stereocenters. The molecular weight excluding hydrogens is 204 g/mol. The van der Waals surface area contributed by atoms with Gasteiger partial charge in [-0.1, -0.05) is 33.6 Å². The Morgan fingerprint density at radius 1 is 1.25 bits per heavy atom. The highest BCUT2D eigenvalue weighted by Crippen LogP contribution is 2.14. The molecule has 96 valence electrons. The smallest absolute Gasteiger partial charge is 0.334 e. The highest BCUT2D eigenvalue weighted by Gasteiger charge is 2.22. The third-order valence-corrected chi connectivity index (χ3v) is 2.48. The van der Waals surface area contributed by atoms with E-state index in [1.807, 2.05) is 6.92 Å². The van der Waals surface area contributed by atoms with E-state index in [1.54, 1.807) is 0 Å². The van der Waals surface area contributed by atoms with Crippen LogP contribution in [0.4, 0.5) is 0 Å². The minimum Gasteiger partial charge on any atom is -0.467 e. The first-order valence-corrected chi connectivity index (χ1v) is 6.24. The van der Waals surface area contributed by atoms with Gasteiger partial charge in [0.25, 0.3) is 0 Å². The van der Waals surface area contributed by atoms with Crippen LogP contribution in [0.15, 0.2) is 0 Å². The van der Waals surface area contributed by atoms with Gasteiger partial charge in [0.2, 0.25) is 0 Å². The Labute approximate surface area is 99.5 Å². The molecule has 0 aliphatic heterocycles. The number of carbonyl (C=O) groups excluding carboxylic acids is 1. The molecule has 0 N–H and O–H groups in total. The molecule has 0 fully saturated rings. The highest BCUT2D eigenvalue weighted by molar-refractivity contribution is 5.74. The number of rotatable bonds is 8. The molecule has 0 spiro atoms. The minimum absolute atomic E-state index is 0.112. The van der Waals surface area contributed by atoms with Crippen LogP contribution in [0.1, 0.15) is 53.4 Å². The molecule has 0 aromatic rings. The predicted octanol–water partition coefficient (Wildman–Crippen LogP) is 3.17. The second-order valence-corrected chi connectivity index (χ2v) is 4.73. The molecule has 3 nitrogen and oxygen atoms in total. The van der Waals surface area contributed by atoms with Crippen molar-refractivity contribution >= 4 is 5.97 Å². The van der Waals surface area contributed by atoms with Gasteiger partial charge in [0, 0.05) is 0 Å². The van der Waals surface area contributed by atoms with Crippen molar-refractivity contribution in [3.05, 3.63) is 0 Å². The number of unbranched alkanes of at least 4 members (excludes halogenated alkanes) is 1. The maximum absolute atomic E-state index is 11.5. The summed E-state index contributed by atoms with van der Waals surface area (Å²) in [4.78, 5) is 11.5. The van der Waals surface area contributed by atoms with E-state index in [1.165, 1.54) is 7.11 Å². The average molecular weight is 230 g/mol. The number of hydrogen-bond acceptors (Lipinski definition) is 3. The van der Waals surface area contributed by atoms with Crippen molar-refractivity contribution in [1.82, 2.24) is 0 Å². The first kappa shape index (κ1) is 15.4. The van der Waals surface area contributed by atoms with Crippen LogP contribution >= 0.6 is 0 Å². The van der Waals surface area contributed by atoms with Crippen molar-refractivity contribution in [1.29, 1.82) is 0 Å². The van der Waals surface area contributed by atoms with Gasteiger partial charge in [-0.2, -0.15) is 0 Å². The van der Waals surface area contributed by atoms with Gasteiger partial charge in [0.15, 0.2) is 6.10 Å². The van der Waals surface area contributed by atoms with Crippen molar-refractivity contribution in [2.24, 2.45) is 5.92 Å². The van der Waals surface area contributed by atoms with Crippen LogP contribution in [-0.2, 0) is 14.3 Å². The predicted molar refractivity (Wildman–Crippen MR) is 65.3 cm³/mol. The van der Waals surface area contributed by atoms with Gasteiger partial charge >= 0.3 is 5.97 Å². The molecule has 0 saturated heterocycles. The Morgan fingerprint density at radius 3 is 2.31 bits per heavy atom. The van der Waals surface area contributed by atoms with Crippen LogP contribution in [0.5, 0.6) is 0 Å². The highest BCUT2D eigenvalue weighted by atomic mass is 16.6. The summed E-state index contributed by atoms with van der Waals surface area (Å²) in [6.45, 7) is 8.42. The van der Waals surface area contributed by atoms with E-state index in [4.69, 9.17) is 9.47 Å². The number of hydrogen-bond donors (Lipinski definition) is 0. The Bertz CT molecular complexity index is 190. The van der Waals surface area contributed by atoms with Crippen LogP contribution in [0.25, 0.3) is 0 Å². The van der Waals surface area contributed by atoms with Gasteiger partial charge in [-0.15, -0.1) is 0 Å². The molecule has 2 unspecified atom stereocenters. The maximum atomic E-state index is 11.5. The van der Waals surface area contributed by atoms with Gasteiger partial charge in [0.05, 0.1) is 13.2 Å². The van der Waals surface area contributed by atoms with Crippen molar-refractivity contribution in [2.45, 2.75) is 65.6 Å². The number of carbonyl (C=O) groups is 1. The maximum Gasteiger partial charge on any atom is 0.334 e. The van der Waals surface area contributed by atoms with E-state index in [0.29, 0.717) is 5.92 Å². The quantitative estimate of drug-likeness (QED) is 0.601. The lowest BCUT2D eigenvalue weighted by Gasteiger charge is -2.21. The van der Waals surface area contributed by atoms with Crippen molar-refractivity contribution in [3.63, 3.8) is 0 Å². The van der Waals surface area contributed by atoms with Crippen LogP contribution in [-0.4, -0.2) is 25.3 Å². The van der Waals surface area contributed by atoms with Gasteiger partial charge in [-0.3, -0.25) is 0 Å². The summed E-state index contributed by atoms with van der Waals surface area (Å²) in [5, 5.41) is 0. The summed E-state index contributed by atoms with van der Waals surface area (Å²) in [7, 11) is 1.41. The van der Waals surface area contributed by atoms with E-state index < -0.39 is 6.10 Å². The molecule has 0 amide bonds. The summed E-state index contributed by atoms with van der Waals surface area (Å²) in [6.07, 6.45) is 3.51. The molecule has 0 saturated carbocycles. The van der Waals surface area contributed by atoms with Gasteiger partial charge in [-0.25, -0.2) is 4.79 Å². The number of ether oxygens (including phenoxy) is 2. The molecule has 0 aromatic carbocycles. The van der Waals surface area contributed by atoms with E-state index in [-0.39, 0.29) is 12.1 Å². The third kappa shape index (κ3) is 6.83. The Balaban J connectivity index is 4.13. The molecule has 0 rings (SSSR count). The fraction of sp³-hybridized carbons (Fsp3) is 0.923. The third-order valence-electron chi connectivity index (χ3n) is 2.48. The van der Waals surface area contributed by atoms with Crippen molar-refractivity contribution in [3.8, 4) is 0 Å². The lowest BCUT2D eigenvalue weighted by Crippen LogP contribution is -2.30. The van der Waals surface area contributed by atoms with E-state index in [9.17, 15) is 4.79 Å². The molecular formula is C13H26O3. The first-order valence-electron chi connectivity index (χ1n) is 6.24. The van der Waals surface area contributed by atoms with Crippen LogP contribution in [0.3, 0.4) is 0 Å². The van der Waals surface area contributed by atoms with E-state index in [0.717, 1.165) is 25.7 Å². The van der Waals surface area contributed by atoms with Crippen molar-refractivity contribution in [2.75, 3.05) is 7.11 Å². The van der Waals surface area contributed by atoms with Crippen LogP contribution < -0.4 is 0 Å². The standard InChI is InChI=1S/C13H26O3/c1-6-7-8-12(13(14)15-5)16-11(4)9-10(2)3/h10-12H,6-9H2,1-5H3. The number of esters is 1. The summed E-state index contributed by atoms with van der Waals surface area (Å²) < 4.78 is 10.5. The summed E-state index contributed by atoms with van der Waals surface area (Å²) in [5.74, 6) is 0.337. The summed E-state index contributed by atoms with van der Waals surface area (Å²) in [5.41, 5.74) is 0. The lowest BCUT2D eigenvalue weighted by atomic mass is 10.1. The van der Waals surface area contributed by atoms with Gasteiger partial charge < -0.3 is 9.47 Å². The van der Waals surface area contributed by atoms with E-state index >= 15 is 0 Å². The summed E-state index contributed by atoms with van der Waals surface area (Å²) in [6, 6.07) is 0. The molecule has 3 heteroatoms. The molecule has 0 radical (unpaired) electrons. The second-order valence-electron chi connectivity index (χ2n) is 4.73. The number of methoxy groups -OCH3 is 1. The summed E-state index contributed by atoms with van der Waals surface area (Å²) >= 11 is 0. The molecule has 0 bridgehead atoms. The van der Waals surface area contributed by atoms with Crippen molar-refractivity contribution < 1.29 is 14.3 Å². The Kier molecular flexibility index (Phi) is 8.26. The molecule has 0 heterocycles. The fourth-order valence-electron chi connectivity index (χ4n) is 1.76. The SMILES string of the molecule is CCCCC(OC(C)CC(C)C)C(=O)OC. The largest absolute Gasteiger partial charge is 0.467 e. The van der Waals surface area contributed by atoms with Crippen LogP contribution in [0, 0.1) is 5.92 Å². The van der Waals surface area contributed by atoms with Gasteiger partial charge in [0.1, 0.15) is 0 Å². The molecule has 0 aromatic heterocycles. The van der Waals surface area contributed by atoms with Crippen LogP contribution in [0.2, 0.25) is 0 Å². The Morgan fingerprint density at radius 2 is 1.88 bits per heavy atom. The Hall–Kier alpha value is -0.570. The van der Waals surface area contributed by atoms with E-state index in [2.05, 4.69) is 20.8 Å². The zero-order chi connectivity index (χ0) is 12.6. The normalized spacial score (nSPS) is 14.9. The second kappa shape index (κ2) is 8.57. The molecule has 0 aliphatic carbocycles. The molecule has 16 heavy (non-hydrogen) atoms. The zero-order valence-corrected chi connectivity index (χ0v) is 11.3. The minimum atomic E-state index is -0.390. The topological polar surface area (TPSA) is 35.5 Å². The fourth-order valence-corrected chi connectivity index (χ4v) is 1.76. The lowest BCUT2D eigenvalue weighted by molar-refractivity contribution is -0.158. The van der Waals surface area contributed by atoms with Gasteiger partial charge in [-0.05, 0) is 25.7 Å². The monoisotopic (exact) mass is 230 g/mol. The average Bonchev–Trinajstić information content (AvgIpc) is 2.21. The zero-order valence-electron chi connectivity index (χ0n) is 11.3.